The van der Waals surface area contributed by atoms with E-state index in [1.54, 1.807) is 6.08 Å². The van der Waals surface area contributed by atoms with E-state index >= 15 is 0 Å². The third-order valence-electron chi connectivity index (χ3n) is 13.6. The topological polar surface area (TPSA) is 149 Å². The zero-order valence-electron chi connectivity index (χ0n) is 46.6. The molecule has 7 atom stereocenters. The molecule has 1 aliphatic rings. The molecule has 1 amide bonds. The zero-order valence-corrected chi connectivity index (χ0v) is 46.6. The highest BCUT2D eigenvalue weighted by Crippen LogP contribution is 2.23. The lowest BCUT2D eigenvalue weighted by Crippen LogP contribution is -2.60. The number of hydrogen-bond acceptors (Lipinski definition) is 8. The van der Waals surface area contributed by atoms with Crippen molar-refractivity contribution >= 4 is 5.91 Å². The molecule has 0 spiro atoms. The molecule has 1 fully saturated rings. The van der Waals surface area contributed by atoms with Crippen molar-refractivity contribution in [3.8, 4) is 0 Å². The first-order chi connectivity index (χ1) is 35.8. The molecule has 1 rings (SSSR count). The Balaban J connectivity index is 2.10. The first kappa shape index (κ1) is 68.1. The van der Waals surface area contributed by atoms with Crippen LogP contribution in [0.4, 0.5) is 0 Å². The van der Waals surface area contributed by atoms with Gasteiger partial charge in [0.15, 0.2) is 6.29 Å². The Morgan fingerprint density at radius 2 is 0.863 bits per heavy atom. The Bertz CT molecular complexity index is 1460. The number of aliphatic hydroxyl groups excluding tert-OH is 5. The van der Waals surface area contributed by atoms with Gasteiger partial charge in [-0.1, -0.05) is 252 Å². The Morgan fingerprint density at radius 1 is 0.479 bits per heavy atom. The van der Waals surface area contributed by atoms with E-state index in [9.17, 15) is 30.3 Å². The molecule has 1 aliphatic heterocycles. The minimum absolute atomic E-state index is 0.188. The summed E-state index contributed by atoms with van der Waals surface area (Å²) in [4.78, 5) is 13.0. The van der Waals surface area contributed by atoms with Crippen LogP contribution in [0.1, 0.15) is 245 Å². The van der Waals surface area contributed by atoms with Crippen LogP contribution in [-0.2, 0) is 14.3 Å². The highest BCUT2D eigenvalue weighted by Gasteiger charge is 2.44. The molecule has 9 heteroatoms. The summed E-state index contributed by atoms with van der Waals surface area (Å²) in [6.07, 6.45) is 69.2. The summed E-state index contributed by atoms with van der Waals surface area (Å²) in [5.74, 6) is -0.188. The number of amides is 1. The van der Waals surface area contributed by atoms with Crippen LogP contribution in [0.2, 0.25) is 0 Å². The quantitative estimate of drug-likeness (QED) is 0.0261. The van der Waals surface area contributed by atoms with Crippen LogP contribution < -0.4 is 5.32 Å². The first-order valence-corrected chi connectivity index (χ1v) is 30.0. The summed E-state index contributed by atoms with van der Waals surface area (Å²) in [5.41, 5.74) is 0. The first-order valence-electron chi connectivity index (χ1n) is 30.0. The second kappa shape index (κ2) is 52.5. The number of carbonyl (C=O) groups excluding carboxylic acids is 1. The van der Waals surface area contributed by atoms with Crippen molar-refractivity contribution in [3.05, 3.63) is 97.2 Å². The highest BCUT2D eigenvalue weighted by atomic mass is 16.7. The fraction of sp³-hybridized carbons (Fsp3) is 0.734. The molecule has 0 radical (unpaired) electrons. The fourth-order valence-electron chi connectivity index (χ4n) is 8.94. The van der Waals surface area contributed by atoms with E-state index in [2.05, 4.69) is 104 Å². The number of hydrogen-bond donors (Lipinski definition) is 6. The van der Waals surface area contributed by atoms with E-state index in [1.165, 1.54) is 148 Å². The molecule has 1 saturated heterocycles. The number of carbonyl (C=O) groups is 1. The lowest BCUT2D eigenvalue weighted by atomic mass is 9.99. The Labute approximate surface area is 447 Å². The maximum absolute atomic E-state index is 13.0. The molecule has 7 unspecified atom stereocenters. The van der Waals surface area contributed by atoms with Gasteiger partial charge in [-0.2, -0.15) is 0 Å². The lowest BCUT2D eigenvalue weighted by Gasteiger charge is -2.40. The molecule has 6 N–H and O–H groups in total. The van der Waals surface area contributed by atoms with Crippen LogP contribution in [0.3, 0.4) is 0 Å². The average molecular weight is 1020 g/mol. The van der Waals surface area contributed by atoms with Crippen molar-refractivity contribution in [2.75, 3.05) is 13.2 Å². The van der Waals surface area contributed by atoms with Crippen LogP contribution >= 0.6 is 0 Å². The van der Waals surface area contributed by atoms with E-state index in [1.807, 2.05) is 6.08 Å². The molecule has 0 aliphatic carbocycles. The number of ether oxygens (including phenoxy) is 2. The third-order valence-corrected chi connectivity index (χ3v) is 13.6. The van der Waals surface area contributed by atoms with Crippen molar-refractivity contribution in [2.24, 2.45) is 0 Å². The summed E-state index contributed by atoms with van der Waals surface area (Å²) < 4.78 is 11.2. The van der Waals surface area contributed by atoms with E-state index in [0.717, 1.165) is 77.0 Å². The molecule has 0 aromatic rings. The van der Waals surface area contributed by atoms with Gasteiger partial charge < -0.3 is 40.3 Å². The van der Waals surface area contributed by atoms with Gasteiger partial charge in [-0.3, -0.25) is 4.79 Å². The van der Waals surface area contributed by atoms with Crippen LogP contribution in [0.25, 0.3) is 0 Å². The van der Waals surface area contributed by atoms with Crippen LogP contribution in [-0.4, -0.2) is 87.5 Å². The van der Waals surface area contributed by atoms with Gasteiger partial charge in [-0.25, -0.2) is 0 Å². The molecule has 420 valence electrons. The van der Waals surface area contributed by atoms with Gasteiger partial charge in [0.1, 0.15) is 24.4 Å². The Morgan fingerprint density at radius 3 is 1.32 bits per heavy atom. The van der Waals surface area contributed by atoms with Gasteiger partial charge in [0.25, 0.3) is 0 Å². The number of rotatable bonds is 50. The summed E-state index contributed by atoms with van der Waals surface area (Å²) in [5, 5.41) is 54.4. The maximum Gasteiger partial charge on any atom is 0.220 e. The third kappa shape index (κ3) is 42.0. The molecule has 0 saturated carbocycles. The van der Waals surface area contributed by atoms with Gasteiger partial charge in [0, 0.05) is 6.42 Å². The van der Waals surface area contributed by atoms with E-state index in [4.69, 9.17) is 9.47 Å². The largest absolute Gasteiger partial charge is 0.394 e. The Kier molecular flexibility index (Phi) is 49.0. The molecule has 0 aromatic carbocycles. The Hall–Kier alpha value is -2.89. The van der Waals surface area contributed by atoms with Gasteiger partial charge in [-0.15, -0.1) is 0 Å². The molecular weight excluding hydrogens is 911 g/mol. The second-order valence-corrected chi connectivity index (χ2v) is 20.4. The minimum Gasteiger partial charge on any atom is -0.394 e. The molecule has 9 nitrogen and oxygen atoms in total. The monoisotopic (exact) mass is 1020 g/mol. The van der Waals surface area contributed by atoms with Crippen molar-refractivity contribution in [3.63, 3.8) is 0 Å². The number of unbranched alkanes of at least 4 members (excludes halogenated alkanes) is 26. The normalized spacial score (nSPS) is 19.8. The van der Waals surface area contributed by atoms with Gasteiger partial charge in [0.2, 0.25) is 5.91 Å². The summed E-state index contributed by atoms with van der Waals surface area (Å²) in [6, 6.07) is -0.824. The van der Waals surface area contributed by atoms with E-state index < -0.39 is 49.5 Å². The number of aliphatic hydroxyl groups is 5. The molecule has 73 heavy (non-hydrogen) atoms. The summed E-state index contributed by atoms with van der Waals surface area (Å²) in [7, 11) is 0. The predicted octanol–water partition coefficient (Wildman–Crippen LogP) is 15.2. The maximum atomic E-state index is 13.0. The molecular formula is C64H111NO8. The average Bonchev–Trinajstić information content (AvgIpc) is 3.39. The van der Waals surface area contributed by atoms with E-state index in [-0.39, 0.29) is 12.5 Å². The number of nitrogens with one attached hydrogen (secondary N) is 1. The van der Waals surface area contributed by atoms with Crippen LogP contribution in [0.15, 0.2) is 97.2 Å². The van der Waals surface area contributed by atoms with Crippen molar-refractivity contribution in [1.29, 1.82) is 0 Å². The minimum atomic E-state index is -1.57. The van der Waals surface area contributed by atoms with Crippen LogP contribution in [0, 0.1) is 0 Å². The molecule has 0 bridgehead atoms. The van der Waals surface area contributed by atoms with Crippen molar-refractivity contribution < 1.29 is 39.8 Å². The van der Waals surface area contributed by atoms with Crippen molar-refractivity contribution in [2.45, 2.75) is 288 Å². The second-order valence-electron chi connectivity index (χ2n) is 20.4. The van der Waals surface area contributed by atoms with Gasteiger partial charge >= 0.3 is 0 Å². The predicted molar refractivity (Wildman–Crippen MR) is 308 cm³/mol. The van der Waals surface area contributed by atoms with Gasteiger partial charge in [-0.05, 0) is 83.5 Å². The standard InChI is InChI=1S/C64H111NO8/c1-3-5-7-9-11-13-15-17-18-19-20-21-22-23-24-25-26-27-28-29-30-31-32-33-34-35-36-37-38-39-40-42-44-46-48-50-52-54-60(68)65-57(56-72-64-63(71)62(70)61(69)59(55-66)73-64)58(67)53-51-49-47-45-43-41-16-14-12-10-8-6-4-2/h5,7,11,13,17-18,20-21,23-24,26-27,43,45,51,53,57-59,61-64,66-67,69-71H,3-4,6,8-10,12,14-16,19,22,25,28-42,44,46-50,52,54-56H2,1-2H3,(H,65,68)/b7-5-,13-11-,18-17-,21-20-,24-23-,27-26-,45-43+,53-51+. The smallest absolute Gasteiger partial charge is 0.220 e. The zero-order chi connectivity index (χ0) is 52.9. The SMILES string of the molecule is CC/C=C\C/C=C\C/C=C\C/C=C\C/C=C\C/C=C\CCCCCCCCCCCCCCCCCCCCC(=O)NC(COC1OC(CO)C(O)C(O)C1O)C(O)/C=C/CC/C=C/CCCCCCCCC. The fourth-order valence-corrected chi connectivity index (χ4v) is 8.94. The summed E-state index contributed by atoms with van der Waals surface area (Å²) in [6.45, 7) is 3.63. The highest BCUT2D eigenvalue weighted by molar-refractivity contribution is 5.76. The molecule has 1 heterocycles. The van der Waals surface area contributed by atoms with Gasteiger partial charge in [0.05, 0.1) is 25.4 Å². The number of allylic oxidation sites excluding steroid dienone is 15. The lowest BCUT2D eigenvalue weighted by molar-refractivity contribution is -0.302. The van der Waals surface area contributed by atoms with Crippen molar-refractivity contribution in [1.82, 2.24) is 5.32 Å². The van der Waals surface area contributed by atoms with Crippen LogP contribution in [0.5, 0.6) is 0 Å². The molecule has 0 aromatic heterocycles. The van der Waals surface area contributed by atoms with E-state index in [0.29, 0.717) is 6.42 Å². The summed E-state index contributed by atoms with van der Waals surface area (Å²) >= 11 is 0.